The van der Waals surface area contributed by atoms with Gasteiger partial charge >= 0.3 is 0 Å². The third kappa shape index (κ3) is 4.68. The molecule has 4 nitrogen and oxygen atoms in total. The van der Waals surface area contributed by atoms with Gasteiger partial charge in [-0.15, -0.1) is 0 Å². The minimum atomic E-state index is 0.966. The van der Waals surface area contributed by atoms with Gasteiger partial charge in [0.15, 0.2) is 0 Å². The molecule has 4 heteroatoms. The Balaban J connectivity index is 0.000000200. The van der Waals surface area contributed by atoms with Crippen LogP contribution in [0.4, 0.5) is 0 Å². The molecule has 0 aliphatic carbocycles. The molecule has 0 unspecified atom stereocenters. The summed E-state index contributed by atoms with van der Waals surface area (Å²) in [6, 6.07) is 0. The van der Waals surface area contributed by atoms with E-state index in [1.54, 1.807) is 6.20 Å². The van der Waals surface area contributed by atoms with Gasteiger partial charge in [0.2, 0.25) is 0 Å². The van der Waals surface area contributed by atoms with Crippen LogP contribution in [0.25, 0.3) is 0 Å². The summed E-state index contributed by atoms with van der Waals surface area (Å²) in [5.41, 5.74) is 6.30. The lowest BCUT2D eigenvalue weighted by molar-refractivity contribution is 0.930. The predicted octanol–water partition coefficient (Wildman–Crippen LogP) is 3.31. The number of rotatable bonds is 2. The van der Waals surface area contributed by atoms with Crippen molar-refractivity contribution in [3.63, 3.8) is 0 Å². The number of nitrogens with zero attached hydrogens (tertiary/aromatic N) is 4. The zero-order valence-electron chi connectivity index (χ0n) is 13.4. The average molecular weight is 272 g/mol. The second kappa shape index (κ2) is 7.68. The van der Waals surface area contributed by atoms with E-state index in [4.69, 9.17) is 0 Å². The molecule has 0 amide bonds. The van der Waals surface area contributed by atoms with Crippen LogP contribution in [-0.4, -0.2) is 19.9 Å². The number of aromatic nitrogens is 4. The molecule has 0 saturated heterocycles. The summed E-state index contributed by atoms with van der Waals surface area (Å²) in [5, 5.41) is 0. The Hall–Kier alpha value is -1.84. The van der Waals surface area contributed by atoms with Crippen molar-refractivity contribution in [2.24, 2.45) is 0 Å². The van der Waals surface area contributed by atoms with Gasteiger partial charge < -0.3 is 0 Å². The number of hydrogen-bond acceptors (Lipinski definition) is 4. The second-order valence-electron chi connectivity index (χ2n) is 4.78. The lowest BCUT2D eigenvalue weighted by Crippen LogP contribution is -1.96. The van der Waals surface area contributed by atoms with E-state index in [2.05, 4.69) is 33.8 Å². The van der Waals surface area contributed by atoms with Crippen molar-refractivity contribution in [3.8, 4) is 0 Å². The molecule has 0 N–H and O–H groups in total. The summed E-state index contributed by atoms with van der Waals surface area (Å²) in [6.07, 6.45) is 5.57. The maximum atomic E-state index is 4.33. The van der Waals surface area contributed by atoms with Crippen molar-refractivity contribution in [2.75, 3.05) is 0 Å². The average Bonchev–Trinajstić information content (AvgIpc) is 2.45. The summed E-state index contributed by atoms with van der Waals surface area (Å²) in [7, 11) is 0. The normalized spacial score (nSPS) is 9.90. The number of aryl methyl sites for hydroxylation is 6. The van der Waals surface area contributed by atoms with E-state index >= 15 is 0 Å². The van der Waals surface area contributed by atoms with Gasteiger partial charge in [-0.05, 0) is 40.5 Å². The molecule has 108 valence electrons. The molecule has 0 bridgehead atoms. The fourth-order valence-corrected chi connectivity index (χ4v) is 1.68. The van der Waals surface area contributed by atoms with E-state index in [9.17, 15) is 0 Å². The van der Waals surface area contributed by atoms with Crippen molar-refractivity contribution in [1.82, 2.24) is 19.9 Å². The van der Waals surface area contributed by atoms with Crippen LogP contribution in [0.5, 0.6) is 0 Å². The van der Waals surface area contributed by atoms with Crippen LogP contribution >= 0.6 is 0 Å². The van der Waals surface area contributed by atoms with E-state index in [1.165, 1.54) is 0 Å². The van der Waals surface area contributed by atoms with Crippen molar-refractivity contribution in [2.45, 2.75) is 54.4 Å². The highest BCUT2D eigenvalue weighted by Crippen LogP contribution is 2.02. The highest BCUT2D eigenvalue weighted by molar-refractivity contribution is 5.11. The molecule has 0 fully saturated rings. The molecule has 2 heterocycles. The summed E-state index contributed by atoms with van der Waals surface area (Å²) in [4.78, 5) is 17.0. The van der Waals surface area contributed by atoms with Gasteiger partial charge in [0.25, 0.3) is 0 Å². The van der Waals surface area contributed by atoms with E-state index in [1.807, 2.05) is 33.9 Å². The topological polar surface area (TPSA) is 51.6 Å². The summed E-state index contributed by atoms with van der Waals surface area (Å²) < 4.78 is 0. The molecule has 0 spiro atoms. The molecular weight excluding hydrogens is 248 g/mol. The van der Waals surface area contributed by atoms with Crippen LogP contribution in [0.15, 0.2) is 12.4 Å². The van der Waals surface area contributed by atoms with Crippen molar-refractivity contribution in [3.05, 3.63) is 46.6 Å². The maximum Gasteiger partial charge on any atom is 0.0616 e. The molecule has 0 atom stereocenters. The Bertz CT molecular complexity index is 564. The van der Waals surface area contributed by atoms with Gasteiger partial charge in [-0.1, -0.05) is 13.8 Å². The van der Waals surface area contributed by atoms with Crippen molar-refractivity contribution in [1.29, 1.82) is 0 Å². The largest absolute Gasteiger partial charge is 0.258 e. The van der Waals surface area contributed by atoms with Gasteiger partial charge in [0, 0.05) is 12.4 Å². The molecule has 20 heavy (non-hydrogen) atoms. The first-order valence-electron chi connectivity index (χ1n) is 7.06. The van der Waals surface area contributed by atoms with E-state index < -0.39 is 0 Å². The zero-order valence-corrected chi connectivity index (χ0v) is 13.4. The highest BCUT2D eigenvalue weighted by Gasteiger charge is 1.97. The van der Waals surface area contributed by atoms with Crippen LogP contribution in [0.1, 0.15) is 48.0 Å². The smallest absolute Gasteiger partial charge is 0.0616 e. The van der Waals surface area contributed by atoms with Gasteiger partial charge in [0.1, 0.15) is 0 Å². The Morgan fingerprint density at radius 2 is 1.40 bits per heavy atom. The first-order chi connectivity index (χ1) is 9.47. The van der Waals surface area contributed by atoms with Gasteiger partial charge in [-0.25, -0.2) is 0 Å². The lowest BCUT2D eigenvalue weighted by Gasteiger charge is -2.00. The Morgan fingerprint density at radius 3 is 1.90 bits per heavy atom. The van der Waals surface area contributed by atoms with Crippen molar-refractivity contribution < 1.29 is 0 Å². The van der Waals surface area contributed by atoms with E-state index in [-0.39, 0.29) is 0 Å². The molecule has 0 radical (unpaired) electrons. The highest BCUT2D eigenvalue weighted by atomic mass is 14.8. The van der Waals surface area contributed by atoms with Gasteiger partial charge in [0.05, 0.1) is 34.2 Å². The third-order valence-corrected chi connectivity index (χ3v) is 3.11. The fourth-order valence-electron chi connectivity index (χ4n) is 1.68. The monoisotopic (exact) mass is 272 g/mol. The Labute approximate surface area is 121 Å². The lowest BCUT2D eigenvalue weighted by atomic mass is 10.2. The molecule has 0 aliphatic heterocycles. The molecule has 0 aliphatic rings. The van der Waals surface area contributed by atoms with E-state index in [0.717, 1.165) is 47.0 Å². The molecule has 0 aromatic carbocycles. The zero-order chi connectivity index (χ0) is 15.1. The van der Waals surface area contributed by atoms with Crippen LogP contribution in [0.2, 0.25) is 0 Å². The SMILES string of the molecule is CCc1cnc(C)c(C)n1.CCc1nc(C)cnc1C. The van der Waals surface area contributed by atoms with Gasteiger partial charge in [-0.3, -0.25) is 19.9 Å². The van der Waals surface area contributed by atoms with Crippen LogP contribution in [0, 0.1) is 27.7 Å². The first kappa shape index (κ1) is 16.2. The minimum Gasteiger partial charge on any atom is -0.258 e. The van der Waals surface area contributed by atoms with Crippen molar-refractivity contribution >= 4 is 0 Å². The Kier molecular flexibility index (Phi) is 6.22. The first-order valence-corrected chi connectivity index (χ1v) is 7.06. The van der Waals surface area contributed by atoms with Crippen LogP contribution in [0.3, 0.4) is 0 Å². The molecule has 2 aromatic heterocycles. The van der Waals surface area contributed by atoms with Crippen LogP contribution in [-0.2, 0) is 12.8 Å². The quantitative estimate of drug-likeness (QED) is 0.841. The molecule has 2 rings (SSSR count). The standard InChI is InChI=1S/2C8H12N2/c1-4-8-5-9-6(2)7(3)10-8;1-4-8-7(3)9-5-6(2)10-8/h2*5H,4H2,1-3H3. The maximum absolute atomic E-state index is 4.33. The predicted molar refractivity (Wildman–Crippen MR) is 81.8 cm³/mol. The third-order valence-electron chi connectivity index (χ3n) is 3.11. The summed E-state index contributed by atoms with van der Waals surface area (Å²) >= 11 is 0. The number of hydrogen-bond donors (Lipinski definition) is 0. The molecule has 2 aromatic rings. The Morgan fingerprint density at radius 1 is 0.750 bits per heavy atom. The second-order valence-corrected chi connectivity index (χ2v) is 4.78. The molecule has 0 saturated carbocycles. The fraction of sp³-hybridized carbons (Fsp3) is 0.500. The van der Waals surface area contributed by atoms with Gasteiger partial charge in [-0.2, -0.15) is 0 Å². The van der Waals surface area contributed by atoms with E-state index in [0.29, 0.717) is 0 Å². The summed E-state index contributed by atoms with van der Waals surface area (Å²) in [6.45, 7) is 12.1. The summed E-state index contributed by atoms with van der Waals surface area (Å²) in [5.74, 6) is 0. The molecular formula is C16H24N4. The minimum absolute atomic E-state index is 0.966. The van der Waals surface area contributed by atoms with Crippen LogP contribution < -0.4 is 0 Å².